The van der Waals surface area contributed by atoms with Crippen molar-refractivity contribution in [3.8, 4) is 0 Å². The van der Waals surface area contributed by atoms with E-state index in [1.807, 2.05) is 0 Å². The first-order valence-electron chi connectivity index (χ1n) is 8.38. The van der Waals surface area contributed by atoms with Gasteiger partial charge in [-0.25, -0.2) is 0 Å². The van der Waals surface area contributed by atoms with Crippen LogP contribution in [0.1, 0.15) is 46.1 Å². The summed E-state index contributed by atoms with van der Waals surface area (Å²) in [5, 5.41) is 4.88. The van der Waals surface area contributed by atoms with Gasteiger partial charge >= 0.3 is 0 Å². The average Bonchev–Trinajstić information content (AvgIpc) is 2.81. The molecule has 1 unspecified atom stereocenters. The van der Waals surface area contributed by atoms with Crippen LogP contribution in [0.25, 0.3) is 10.9 Å². The Balaban J connectivity index is 2.09. The van der Waals surface area contributed by atoms with Crippen LogP contribution in [0.2, 0.25) is 0 Å². The van der Waals surface area contributed by atoms with Gasteiger partial charge in [0.2, 0.25) is 0 Å². The van der Waals surface area contributed by atoms with E-state index in [0.29, 0.717) is 5.92 Å². The Morgan fingerprint density at radius 1 is 1.14 bits per heavy atom. The molecule has 2 aromatic rings. The Labute approximate surface area is 129 Å². The van der Waals surface area contributed by atoms with Gasteiger partial charge in [0.15, 0.2) is 0 Å². The molecule has 116 valence electrons. The van der Waals surface area contributed by atoms with Crippen LogP contribution in [-0.2, 0) is 13.1 Å². The van der Waals surface area contributed by atoms with E-state index in [-0.39, 0.29) is 0 Å². The number of aromatic nitrogens is 1. The van der Waals surface area contributed by atoms with E-state index >= 15 is 0 Å². The zero-order valence-corrected chi connectivity index (χ0v) is 14.0. The highest BCUT2D eigenvalue weighted by atomic mass is 15.0. The van der Waals surface area contributed by atoms with Crippen molar-refractivity contribution in [3.63, 3.8) is 0 Å². The van der Waals surface area contributed by atoms with Gasteiger partial charge < -0.3 is 9.88 Å². The molecule has 0 bridgehead atoms. The van der Waals surface area contributed by atoms with Gasteiger partial charge in [0.25, 0.3) is 0 Å². The van der Waals surface area contributed by atoms with Crippen molar-refractivity contribution in [2.75, 3.05) is 6.54 Å². The molecule has 0 fully saturated rings. The molecule has 0 aliphatic heterocycles. The lowest BCUT2D eigenvalue weighted by Gasteiger charge is -2.13. The van der Waals surface area contributed by atoms with Crippen LogP contribution in [0.5, 0.6) is 0 Å². The first-order chi connectivity index (χ1) is 10.1. The SMILES string of the molecule is CCCC(C)Cn1ccc2ccc(CNCC(C)C)cc21. The Morgan fingerprint density at radius 3 is 2.67 bits per heavy atom. The molecule has 1 aromatic carbocycles. The van der Waals surface area contributed by atoms with Gasteiger partial charge in [-0.2, -0.15) is 0 Å². The molecule has 2 nitrogen and oxygen atoms in total. The quantitative estimate of drug-likeness (QED) is 0.736. The van der Waals surface area contributed by atoms with Gasteiger partial charge in [-0.1, -0.05) is 46.2 Å². The molecule has 2 heteroatoms. The molecule has 1 aromatic heterocycles. The minimum absolute atomic E-state index is 0.701. The van der Waals surface area contributed by atoms with Gasteiger partial charge in [0, 0.05) is 24.8 Å². The molecule has 1 heterocycles. The Hall–Kier alpha value is -1.28. The van der Waals surface area contributed by atoms with Crippen LogP contribution in [-0.4, -0.2) is 11.1 Å². The maximum atomic E-state index is 3.53. The van der Waals surface area contributed by atoms with Crippen molar-refractivity contribution in [2.45, 2.75) is 53.6 Å². The monoisotopic (exact) mass is 286 g/mol. The molecule has 0 saturated heterocycles. The van der Waals surface area contributed by atoms with Crippen LogP contribution in [0.3, 0.4) is 0 Å². The summed E-state index contributed by atoms with van der Waals surface area (Å²) in [6.07, 6.45) is 4.81. The molecule has 0 spiro atoms. The van der Waals surface area contributed by atoms with E-state index in [0.717, 1.165) is 25.6 Å². The first-order valence-corrected chi connectivity index (χ1v) is 8.38. The highest BCUT2D eigenvalue weighted by Crippen LogP contribution is 2.20. The number of benzene rings is 1. The highest BCUT2D eigenvalue weighted by molar-refractivity contribution is 5.80. The van der Waals surface area contributed by atoms with Crippen molar-refractivity contribution in [1.82, 2.24) is 9.88 Å². The minimum atomic E-state index is 0.701. The average molecular weight is 286 g/mol. The zero-order chi connectivity index (χ0) is 15.2. The van der Waals surface area contributed by atoms with Gasteiger partial charge in [-0.3, -0.25) is 0 Å². The molecule has 0 aliphatic rings. The summed E-state index contributed by atoms with van der Waals surface area (Å²) in [6, 6.07) is 9.08. The zero-order valence-electron chi connectivity index (χ0n) is 14.0. The topological polar surface area (TPSA) is 17.0 Å². The van der Waals surface area contributed by atoms with E-state index in [1.165, 1.54) is 29.3 Å². The Kier molecular flexibility index (Phi) is 5.86. The number of hydrogen-bond acceptors (Lipinski definition) is 1. The molecular formula is C19H30N2. The van der Waals surface area contributed by atoms with Gasteiger partial charge in [0.05, 0.1) is 0 Å². The fourth-order valence-electron chi connectivity index (χ4n) is 2.92. The van der Waals surface area contributed by atoms with Crippen LogP contribution in [0.15, 0.2) is 30.5 Å². The third kappa shape index (κ3) is 4.60. The lowest BCUT2D eigenvalue weighted by atomic mass is 10.1. The lowest BCUT2D eigenvalue weighted by molar-refractivity contribution is 0.453. The Bertz CT molecular complexity index is 554. The smallest absolute Gasteiger partial charge is 0.0483 e. The van der Waals surface area contributed by atoms with Crippen LogP contribution < -0.4 is 5.32 Å². The molecule has 0 amide bonds. The summed E-state index contributed by atoms with van der Waals surface area (Å²) in [4.78, 5) is 0. The van der Waals surface area contributed by atoms with E-state index in [1.54, 1.807) is 0 Å². The number of rotatable bonds is 8. The van der Waals surface area contributed by atoms with Crippen LogP contribution in [0.4, 0.5) is 0 Å². The number of nitrogens with zero attached hydrogens (tertiary/aromatic N) is 1. The summed E-state index contributed by atoms with van der Waals surface area (Å²) in [7, 11) is 0. The third-order valence-electron chi connectivity index (χ3n) is 4.01. The van der Waals surface area contributed by atoms with E-state index < -0.39 is 0 Å². The third-order valence-corrected chi connectivity index (χ3v) is 4.01. The van der Waals surface area contributed by atoms with Crippen LogP contribution in [0, 0.1) is 11.8 Å². The van der Waals surface area contributed by atoms with E-state index in [4.69, 9.17) is 0 Å². The molecule has 2 rings (SSSR count). The lowest BCUT2D eigenvalue weighted by Crippen LogP contribution is -2.18. The summed E-state index contributed by atoms with van der Waals surface area (Å²) < 4.78 is 2.42. The van der Waals surface area contributed by atoms with Crippen molar-refractivity contribution in [3.05, 3.63) is 36.0 Å². The van der Waals surface area contributed by atoms with Crippen molar-refractivity contribution < 1.29 is 0 Å². The standard InChI is InChI=1S/C19H30N2/c1-5-6-16(4)14-21-10-9-18-8-7-17(11-19(18)21)13-20-12-15(2)3/h7-11,15-16,20H,5-6,12-14H2,1-4H3. The van der Waals surface area contributed by atoms with Gasteiger partial charge in [0.1, 0.15) is 0 Å². The predicted octanol–water partition coefficient (Wildman–Crippen LogP) is 4.82. The second kappa shape index (κ2) is 7.65. The summed E-state index contributed by atoms with van der Waals surface area (Å²) >= 11 is 0. The molecule has 0 saturated carbocycles. The maximum Gasteiger partial charge on any atom is 0.0483 e. The molecule has 0 radical (unpaired) electrons. The number of hydrogen-bond donors (Lipinski definition) is 1. The molecule has 1 N–H and O–H groups in total. The van der Waals surface area contributed by atoms with E-state index in [2.05, 4.69) is 68.0 Å². The molecule has 21 heavy (non-hydrogen) atoms. The van der Waals surface area contributed by atoms with Crippen molar-refractivity contribution in [2.24, 2.45) is 11.8 Å². The largest absolute Gasteiger partial charge is 0.347 e. The highest BCUT2D eigenvalue weighted by Gasteiger charge is 2.06. The van der Waals surface area contributed by atoms with E-state index in [9.17, 15) is 0 Å². The molecular weight excluding hydrogens is 256 g/mol. The van der Waals surface area contributed by atoms with Crippen LogP contribution >= 0.6 is 0 Å². The second-order valence-corrected chi connectivity index (χ2v) is 6.78. The normalized spacial score (nSPS) is 13.2. The fourth-order valence-corrected chi connectivity index (χ4v) is 2.92. The summed E-state index contributed by atoms with van der Waals surface area (Å²) in [5.74, 6) is 1.45. The predicted molar refractivity (Wildman–Crippen MR) is 92.6 cm³/mol. The first kappa shape index (κ1) is 16.1. The maximum absolute atomic E-state index is 3.53. The number of nitrogens with one attached hydrogen (secondary N) is 1. The molecule has 1 atom stereocenters. The Morgan fingerprint density at radius 2 is 1.95 bits per heavy atom. The van der Waals surface area contributed by atoms with Gasteiger partial charge in [-0.05, 0) is 47.9 Å². The van der Waals surface area contributed by atoms with Gasteiger partial charge in [-0.15, -0.1) is 0 Å². The fraction of sp³-hybridized carbons (Fsp3) is 0.579. The van der Waals surface area contributed by atoms with Crippen molar-refractivity contribution >= 4 is 10.9 Å². The minimum Gasteiger partial charge on any atom is -0.347 e. The van der Waals surface area contributed by atoms with Crippen molar-refractivity contribution in [1.29, 1.82) is 0 Å². The second-order valence-electron chi connectivity index (χ2n) is 6.78. The summed E-state index contributed by atoms with van der Waals surface area (Å²) in [6.45, 7) is 12.3. The number of fused-ring (bicyclic) bond motifs is 1. The summed E-state index contributed by atoms with van der Waals surface area (Å²) in [5.41, 5.74) is 2.76. The molecule has 0 aliphatic carbocycles.